The minimum absolute atomic E-state index is 0.738. The molecule has 0 N–H and O–H groups in total. The molecule has 0 aliphatic carbocycles. The first kappa shape index (κ1) is 10.5. The van der Waals surface area contributed by atoms with E-state index < -0.39 is 11.2 Å². The summed E-state index contributed by atoms with van der Waals surface area (Å²) < 4.78 is 11.8. The lowest BCUT2D eigenvalue weighted by Gasteiger charge is -2.09. The van der Waals surface area contributed by atoms with Crippen molar-refractivity contribution in [2.24, 2.45) is 0 Å². The largest absolute Gasteiger partial charge is 0.611 e. The van der Waals surface area contributed by atoms with Gasteiger partial charge in [-0.15, -0.1) is 0 Å². The molecule has 2 rings (SSSR count). The Bertz CT molecular complexity index is 453. The van der Waals surface area contributed by atoms with Gasteiger partial charge in [-0.05, 0) is 52.6 Å². The predicted octanol–water partition coefficient (Wildman–Crippen LogP) is 3.16. The number of fused-ring (bicyclic) bond motifs is 1. The van der Waals surface area contributed by atoms with Gasteiger partial charge in [0.2, 0.25) is 0 Å². The molecule has 1 atom stereocenters. The normalized spacial score (nSPS) is 12.9. The molecule has 2 heteroatoms. The van der Waals surface area contributed by atoms with E-state index in [1.165, 1.54) is 5.39 Å². The van der Waals surface area contributed by atoms with Crippen LogP contribution in [-0.2, 0) is 11.2 Å². The van der Waals surface area contributed by atoms with Gasteiger partial charge in [-0.1, -0.05) is 19.1 Å². The second-order valence-corrected chi connectivity index (χ2v) is 5.06. The van der Waals surface area contributed by atoms with Crippen molar-refractivity contribution in [2.45, 2.75) is 18.2 Å². The van der Waals surface area contributed by atoms with Crippen LogP contribution in [0.5, 0.6) is 0 Å². The molecular formula is C13H13OS. The van der Waals surface area contributed by atoms with Crippen molar-refractivity contribution >= 4 is 21.9 Å². The van der Waals surface area contributed by atoms with Gasteiger partial charge in [0.25, 0.3) is 0 Å². The minimum Gasteiger partial charge on any atom is -0.611 e. The SMILES string of the molecule is CCC[S+]([O-])c1ccc2cc[c]cc2c1. The summed E-state index contributed by atoms with van der Waals surface area (Å²) in [6.07, 6.45) is 0.950. The Balaban J connectivity index is 2.38. The molecule has 77 valence electrons. The van der Waals surface area contributed by atoms with Crippen molar-refractivity contribution in [1.82, 2.24) is 0 Å². The Hall–Kier alpha value is -0.990. The fourth-order valence-corrected chi connectivity index (χ4v) is 2.63. The predicted molar refractivity (Wildman–Crippen MR) is 64.4 cm³/mol. The summed E-state index contributed by atoms with van der Waals surface area (Å²) in [5, 5.41) is 2.28. The maximum absolute atomic E-state index is 11.8. The van der Waals surface area contributed by atoms with Gasteiger partial charge in [0, 0.05) is 6.07 Å². The van der Waals surface area contributed by atoms with Gasteiger partial charge >= 0.3 is 0 Å². The van der Waals surface area contributed by atoms with Crippen molar-refractivity contribution in [1.29, 1.82) is 0 Å². The molecule has 1 radical (unpaired) electrons. The van der Waals surface area contributed by atoms with E-state index in [-0.39, 0.29) is 0 Å². The highest BCUT2D eigenvalue weighted by molar-refractivity contribution is 7.91. The molecule has 0 spiro atoms. The first-order valence-corrected chi connectivity index (χ1v) is 6.41. The zero-order valence-electron chi connectivity index (χ0n) is 8.69. The fourth-order valence-electron chi connectivity index (χ4n) is 1.55. The molecule has 0 saturated heterocycles. The van der Waals surface area contributed by atoms with Crippen molar-refractivity contribution in [3.63, 3.8) is 0 Å². The Kier molecular flexibility index (Phi) is 3.29. The molecule has 0 heterocycles. The topological polar surface area (TPSA) is 23.1 Å². The first-order chi connectivity index (χ1) is 7.31. The second-order valence-electron chi connectivity index (χ2n) is 3.48. The molecule has 2 aromatic carbocycles. The monoisotopic (exact) mass is 217 g/mol. The molecule has 0 fully saturated rings. The molecule has 0 aromatic heterocycles. The lowest BCUT2D eigenvalue weighted by atomic mass is 10.1. The van der Waals surface area contributed by atoms with Crippen LogP contribution in [0.4, 0.5) is 0 Å². The highest BCUT2D eigenvalue weighted by atomic mass is 32.2. The van der Waals surface area contributed by atoms with Crippen molar-refractivity contribution < 1.29 is 4.55 Å². The van der Waals surface area contributed by atoms with Crippen LogP contribution >= 0.6 is 0 Å². The highest BCUT2D eigenvalue weighted by Crippen LogP contribution is 2.19. The average molecular weight is 217 g/mol. The van der Waals surface area contributed by atoms with E-state index in [0.29, 0.717) is 0 Å². The lowest BCUT2D eigenvalue weighted by Crippen LogP contribution is -2.05. The third-order valence-corrected chi connectivity index (χ3v) is 3.87. The van der Waals surface area contributed by atoms with Gasteiger partial charge in [-0.25, -0.2) is 0 Å². The number of hydrogen-bond acceptors (Lipinski definition) is 1. The third kappa shape index (κ3) is 2.33. The maximum Gasteiger partial charge on any atom is 0.153 e. The molecule has 0 saturated carbocycles. The van der Waals surface area contributed by atoms with Crippen LogP contribution in [0, 0.1) is 6.07 Å². The van der Waals surface area contributed by atoms with Crippen molar-refractivity contribution in [2.75, 3.05) is 5.75 Å². The van der Waals surface area contributed by atoms with Gasteiger partial charge in [-0.2, -0.15) is 0 Å². The summed E-state index contributed by atoms with van der Waals surface area (Å²) in [4.78, 5) is 0.920. The van der Waals surface area contributed by atoms with Crippen LogP contribution in [0.3, 0.4) is 0 Å². The van der Waals surface area contributed by atoms with Crippen LogP contribution in [-0.4, -0.2) is 10.3 Å². The summed E-state index contributed by atoms with van der Waals surface area (Å²) >= 11 is -0.853. The molecule has 2 aromatic rings. The Morgan fingerprint density at radius 2 is 2.13 bits per heavy atom. The van der Waals surface area contributed by atoms with E-state index in [1.54, 1.807) is 0 Å². The van der Waals surface area contributed by atoms with Gasteiger partial charge < -0.3 is 4.55 Å². The van der Waals surface area contributed by atoms with Gasteiger partial charge in [0.05, 0.1) is 0 Å². The van der Waals surface area contributed by atoms with E-state index in [4.69, 9.17) is 0 Å². The van der Waals surface area contributed by atoms with Crippen LogP contribution in [0.1, 0.15) is 13.3 Å². The van der Waals surface area contributed by atoms with Crippen LogP contribution in [0.25, 0.3) is 10.8 Å². The van der Waals surface area contributed by atoms with E-state index in [9.17, 15) is 4.55 Å². The number of benzene rings is 2. The van der Waals surface area contributed by atoms with Crippen LogP contribution < -0.4 is 0 Å². The summed E-state index contributed by atoms with van der Waals surface area (Å²) in [7, 11) is 0. The highest BCUT2D eigenvalue weighted by Gasteiger charge is 2.09. The maximum atomic E-state index is 11.8. The lowest BCUT2D eigenvalue weighted by molar-refractivity contribution is 0.594. The van der Waals surface area contributed by atoms with E-state index in [2.05, 4.69) is 6.07 Å². The van der Waals surface area contributed by atoms with Crippen LogP contribution in [0.15, 0.2) is 41.3 Å². The van der Waals surface area contributed by atoms with Gasteiger partial charge in [-0.3, -0.25) is 0 Å². The minimum atomic E-state index is -0.853. The molecule has 0 bridgehead atoms. The summed E-state index contributed by atoms with van der Waals surface area (Å²) in [5.41, 5.74) is 0. The summed E-state index contributed by atoms with van der Waals surface area (Å²) in [6, 6.07) is 14.8. The molecule has 0 aliphatic heterocycles. The van der Waals surface area contributed by atoms with Gasteiger partial charge in [0.15, 0.2) is 4.90 Å². The standard InChI is InChI=1S/C13H13OS/c1-2-9-15(14)13-8-7-11-5-3-4-6-12(11)10-13/h3,5-8,10H,2,9H2,1H3. The molecule has 1 unspecified atom stereocenters. The third-order valence-electron chi connectivity index (χ3n) is 2.31. The molecular weight excluding hydrogens is 204 g/mol. The van der Waals surface area contributed by atoms with E-state index in [1.807, 2.05) is 43.3 Å². The molecule has 1 nitrogen and oxygen atoms in total. The van der Waals surface area contributed by atoms with Crippen LogP contribution in [0.2, 0.25) is 0 Å². The van der Waals surface area contributed by atoms with Crippen molar-refractivity contribution in [3.05, 3.63) is 42.5 Å². The van der Waals surface area contributed by atoms with E-state index in [0.717, 1.165) is 22.5 Å². The summed E-state index contributed by atoms with van der Waals surface area (Å²) in [5.74, 6) is 0.738. The Morgan fingerprint density at radius 1 is 1.27 bits per heavy atom. The summed E-state index contributed by atoms with van der Waals surface area (Å²) in [6.45, 7) is 2.05. The number of hydrogen-bond donors (Lipinski definition) is 0. The smallest absolute Gasteiger partial charge is 0.153 e. The quantitative estimate of drug-likeness (QED) is 0.724. The fraction of sp³-hybridized carbons (Fsp3) is 0.231. The van der Waals surface area contributed by atoms with Gasteiger partial charge in [0.1, 0.15) is 5.75 Å². The Labute approximate surface area is 93.3 Å². The average Bonchev–Trinajstić information content (AvgIpc) is 2.29. The zero-order valence-corrected chi connectivity index (χ0v) is 9.51. The molecule has 0 amide bonds. The van der Waals surface area contributed by atoms with E-state index >= 15 is 0 Å². The number of rotatable bonds is 3. The zero-order chi connectivity index (χ0) is 10.7. The Morgan fingerprint density at radius 3 is 2.93 bits per heavy atom. The second kappa shape index (κ2) is 4.69. The molecule has 0 aliphatic rings. The first-order valence-electron chi connectivity index (χ1n) is 5.09. The molecule has 15 heavy (non-hydrogen) atoms. The van der Waals surface area contributed by atoms with Crippen molar-refractivity contribution in [3.8, 4) is 0 Å².